The molecule has 0 aromatic heterocycles. The van der Waals surface area contributed by atoms with Crippen LogP contribution in [-0.2, 0) is 4.79 Å². The topological polar surface area (TPSA) is 37.3 Å². The monoisotopic (exact) mass is 196 g/mol. The van der Waals surface area contributed by atoms with E-state index in [4.69, 9.17) is 5.11 Å². The fourth-order valence-electron chi connectivity index (χ4n) is 2.88. The van der Waals surface area contributed by atoms with Gasteiger partial charge < -0.3 is 5.11 Å². The predicted molar refractivity (Wildman–Crippen MR) is 55.0 cm³/mol. The van der Waals surface area contributed by atoms with Crippen molar-refractivity contribution in [2.24, 2.45) is 17.8 Å². The molecule has 14 heavy (non-hydrogen) atoms. The zero-order valence-corrected chi connectivity index (χ0v) is 8.74. The van der Waals surface area contributed by atoms with Crippen molar-refractivity contribution in [2.75, 3.05) is 0 Å². The number of rotatable bonds is 5. The lowest BCUT2D eigenvalue weighted by Crippen LogP contribution is -2.32. The first kappa shape index (κ1) is 10.0. The number of hydrogen-bond acceptors (Lipinski definition) is 1. The molecule has 80 valence electrons. The number of hydrogen-bond donors (Lipinski definition) is 1. The maximum Gasteiger partial charge on any atom is 0.303 e. The zero-order valence-electron chi connectivity index (χ0n) is 8.74. The third-order valence-electron chi connectivity index (χ3n) is 4.20. The van der Waals surface area contributed by atoms with Gasteiger partial charge in [0.1, 0.15) is 0 Å². The molecule has 0 spiro atoms. The summed E-state index contributed by atoms with van der Waals surface area (Å²) >= 11 is 0. The minimum Gasteiger partial charge on any atom is -0.481 e. The lowest BCUT2D eigenvalue weighted by atomic mass is 9.63. The Balaban J connectivity index is 1.81. The summed E-state index contributed by atoms with van der Waals surface area (Å²) in [5.74, 6) is 1.88. The van der Waals surface area contributed by atoms with E-state index in [2.05, 4.69) is 0 Å². The summed E-state index contributed by atoms with van der Waals surface area (Å²) in [5, 5.41) is 8.71. The number of aliphatic carboxylic acids is 1. The summed E-state index contributed by atoms with van der Waals surface area (Å²) < 4.78 is 0. The Morgan fingerprint density at radius 1 is 1.14 bits per heavy atom. The highest BCUT2D eigenvalue weighted by molar-refractivity contribution is 5.66. The van der Waals surface area contributed by atoms with Gasteiger partial charge in [-0.1, -0.05) is 38.5 Å². The van der Waals surface area contributed by atoms with Crippen LogP contribution in [0.2, 0.25) is 0 Å². The first-order chi connectivity index (χ1) is 6.77. The quantitative estimate of drug-likeness (QED) is 0.733. The predicted octanol–water partition coefficient (Wildman–Crippen LogP) is 3.07. The molecule has 0 aromatic rings. The Morgan fingerprint density at radius 2 is 1.64 bits per heavy atom. The largest absolute Gasteiger partial charge is 0.481 e. The van der Waals surface area contributed by atoms with Crippen LogP contribution in [0.15, 0.2) is 0 Å². The number of carbonyl (C=O) groups is 1. The van der Waals surface area contributed by atoms with Crippen molar-refractivity contribution in [3.63, 3.8) is 0 Å². The molecule has 0 saturated heterocycles. The van der Waals surface area contributed by atoms with Gasteiger partial charge in [0.2, 0.25) is 0 Å². The molecular weight excluding hydrogens is 176 g/mol. The molecule has 2 nitrogen and oxygen atoms in total. The second kappa shape index (κ2) is 4.33. The first-order valence-electron chi connectivity index (χ1n) is 5.99. The van der Waals surface area contributed by atoms with E-state index in [1.165, 1.54) is 38.5 Å². The molecule has 2 fully saturated rings. The Labute approximate surface area is 85.7 Å². The van der Waals surface area contributed by atoms with Gasteiger partial charge in [-0.2, -0.15) is 0 Å². The van der Waals surface area contributed by atoms with E-state index >= 15 is 0 Å². The lowest BCUT2D eigenvalue weighted by molar-refractivity contribution is -0.137. The van der Waals surface area contributed by atoms with Crippen molar-refractivity contribution in [1.82, 2.24) is 0 Å². The van der Waals surface area contributed by atoms with Crippen molar-refractivity contribution in [2.45, 2.75) is 51.4 Å². The zero-order chi connectivity index (χ0) is 9.97. The third-order valence-corrected chi connectivity index (χ3v) is 4.20. The van der Waals surface area contributed by atoms with Gasteiger partial charge in [0.15, 0.2) is 0 Å². The van der Waals surface area contributed by atoms with E-state index in [1.807, 2.05) is 0 Å². The summed E-state index contributed by atoms with van der Waals surface area (Å²) in [7, 11) is 0. The fraction of sp³-hybridized carbons (Fsp3) is 0.917. The van der Waals surface area contributed by atoms with Gasteiger partial charge in [0.05, 0.1) is 0 Å². The van der Waals surface area contributed by atoms with Gasteiger partial charge in [-0.25, -0.2) is 0 Å². The van der Waals surface area contributed by atoms with Gasteiger partial charge in [0.25, 0.3) is 0 Å². The molecule has 2 aliphatic carbocycles. The van der Waals surface area contributed by atoms with Gasteiger partial charge >= 0.3 is 5.97 Å². The average Bonchev–Trinajstić information content (AvgIpc) is 1.92. The molecule has 0 bridgehead atoms. The number of carboxylic acids is 1. The molecule has 2 aliphatic rings. The molecule has 0 atom stereocenters. The van der Waals surface area contributed by atoms with Crippen molar-refractivity contribution in [3.8, 4) is 0 Å². The summed E-state index contributed by atoms with van der Waals surface area (Å²) in [6, 6.07) is 0. The number of carboxylic acid groups (broad SMARTS) is 1. The Kier molecular flexibility index (Phi) is 3.09. The van der Waals surface area contributed by atoms with Crippen molar-refractivity contribution in [1.29, 1.82) is 0 Å². The van der Waals surface area contributed by atoms with Gasteiger partial charge in [0, 0.05) is 6.42 Å². The summed E-state index contributed by atoms with van der Waals surface area (Å²) in [5.41, 5.74) is 0. The lowest BCUT2D eigenvalue weighted by Gasteiger charge is -2.42. The highest BCUT2D eigenvalue weighted by atomic mass is 16.4. The van der Waals surface area contributed by atoms with Crippen LogP contribution in [0.4, 0.5) is 0 Å². The molecule has 2 heteroatoms. The van der Waals surface area contributed by atoms with Crippen molar-refractivity contribution in [3.05, 3.63) is 0 Å². The fourth-order valence-corrected chi connectivity index (χ4v) is 2.88. The normalized spacial score (nSPS) is 23.2. The summed E-state index contributed by atoms with van der Waals surface area (Å²) in [4.78, 5) is 10.6. The minimum absolute atomic E-state index is 0.387. The first-order valence-corrected chi connectivity index (χ1v) is 5.99. The van der Waals surface area contributed by atoms with Crippen LogP contribution in [0, 0.1) is 17.8 Å². The molecule has 0 heterocycles. The van der Waals surface area contributed by atoms with Crippen LogP contribution in [0.25, 0.3) is 0 Å². The maximum absolute atomic E-state index is 10.6. The third kappa shape index (κ3) is 2.10. The van der Waals surface area contributed by atoms with Gasteiger partial charge in [-0.3, -0.25) is 4.79 Å². The van der Waals surface area contributed by atoms with Gasteiger partial charge in [-0.05, 0) is 24.2 Å². The Morgan fingerprint density at radius 3 is 1.93 bits per heavy atom. The molecule has 0 aliphatic heterocycles. The van der Waals surface area contributed by atoms with Crippen LogP contribution in [0.1, 0.15) is 51.4 Å². The average molecular weight is 196 g/mol. The molecule has 0 radical (unpaired) electrons. The van der Waals surface area contributed by atoms with E-state index in [0.29, 0.717) is 6.42 Å². The molecular formula is C12H20O2. The maximum atomic E-state index is 10.6. The highest BCUT2D eigenvalue weighted by Gasteiger charge is 2.35. The van der Waals surface area contributed by atoms with Crippen LogP contribution in [0.3, 0.4) is 0 Å². The van der Waals surface area contributed by atoms with E-state index in [9.17, 15) is 4.79 Å². The van der Waals surface area contributed by atoms with E-state index in [0.717, 1.165) is 24.2 Å². The highest BCUT2D eigenvalue weighted by Crippen LogP contribution is 2.46. The molecule has 0 amide bonds. The second-order valence-electron chi connectivity index (χ2n) is 4.98. The van der Waals surface area contributed by atoms with Crippen LogP contribution < -0.4 is 0 Å². The smallest absolute Gasteiger partial charge is 0.303 e. The van der Waals surface area contributed by atoms with Crippen LogP contribution in [-0.4, -0.2) is 11.1 Å². The Hall–Kier alpha value is -0.530. The molecule has 0 unspecified atom stereocenters. The van der Waals surface area contributed by atoms with E-state index in [-0.39, 0.29) is 0 Å². The van der Waals surface area contributed by atoms with Crippen molar-refractivity contribution < 1.29 is 9.90 Å². The Bertz CT molecular complexity index is 190. The van der Waals surface area contributed by atoms with Crippen LogP contribution >= 0.6 is 0 Å². The minimum atomic E-state index is -0.617. The van der Waals surface area contributed by atoms with Crippen molar-refractivity contribution >= 4 is 5.97 Å². The summed E-state index contributed by atoms with van der Waals surface area (Å²) in [6.45, 7) is 0. The molecule has 1 N–H and O–H groups in total. The second-order valence-corrected chi connectivity index (χ2v) is 4.98. The van der Waals surface area contributed by atoms with E-state index in [1.54, 1.807) is 0 Å². The standard InChI is InChI=1S/C12H20O2/c13-12(14)8-7-11(9-3-1-4-9)10-5-2-6-10/h9-11H,1-8H2,(H,13,14). The summed E-state index contributed by atoms with van der Waals surface area (Å²) in [6.07, 6.45) is 9.52. The molecule has 2 rings (SSSR count). The van der Waals surface area contributed by atoms with Gasteiger partial charge in [-0.15, -0.1) is 0 Å². The SMILES string of the molecule is O=C(O)CCC(C1CCC1)C1CCC1. The van der Waals surface area contributed by atoms with Crippen LogP contribution in [0.5, 0.6) is 0 Å². The molecule has 2 saturated carbocycles. The van der Waals surface area contributed by atoms with E-state index < -0.39 is 5.97 Å². The molecule has 0 aromatic carbocycles.